The van der Waals surface area contributed by atoms with Gasteiger partial charge in [-0.2, -0.15) is 0 Å². The molecule has 0 saturated carbocycles. The Hall–Kier alpha value is -0.100. The van der Waals surface area contributed by atoms with Crippen molar-refractivity contribution in [3.63, 3.8) is 0 Å². The van der Waals surface area contributed by atoms with Crippen LogP contribution in [-0.2, 0) is 6.42 Å². The molecule has 0 spiro atoms. The second kappa shape index (κ2) is 6.37. The minimum atomic E-state index is 0.0416. The Morgan fingerprint density at radius 1 is 1.28 bits per heavy atom. The molecule has 18 heavy (non-hydrogen) atoms. The fourth-order valence-electron chi connectivity index (χ4n) is 1.66. The second-order valence-electron chi connectivity index (χ2n) is 3.80. The van der Waals surface area contributed by atoms with Crippen molar-refractivity contribution in [1.82, 2.24) is 5.43 Å². The van der Waals surface area contributed by atoms with Crippen LogP contribution in [-0.4, -0.2) is 0 Å². The molecule has 0 bridgehead atoms. The third-order valence-electron chi connectivity index (χ3n) is 2.58. The normalized spacial score (nSPS) is 12.7. The van der Waals surface area contributed by atoms with E-state index in [2.05, 4.69) is 21.4 Å². The van der Waals surface area contributed by atoms with E-state index < -0.39 is 0 Å². The third kappa shape index (κ3) is 3.47. The van der Waals surface area contributed by atoms with Crippen LogP contribution in [0, 0.1) is 0 Å². The molecule has 0 fully saturated rings. The zero-order chi connectivity index (χ0) is 13.1. The summed E-state index contributed by atoms with van der Waals surface area (Å²) in [5, 5.41) is 1.30. The number of hydrogen-bond donors (Lipinski definition) is 2. The van der Waals surface area contributed by atoms with Crippen LogP contribution in [0.25, 0.3) is 0 Å². The van der Waals surface area contributed by atoms with Gasteiger partial charge in [0.1, 0.15) is 0 Å². The number of halogens is 3. The smallest absolute Gasteiger partial charge is 0.0702 e. The molecule has 2 aromatic rings. The van der Waals surface area contributed by atoms with Gasteiger partial charge < -0.3 is 0 Å². The molecule has 0 aliphatic carbocycles. The predicted molar refractivity (Wildman–Crippen MR) is 82.2 cm³/mol. The van der Waals surface area contributed by atoms with Crippen molar-refractivity contribution in [3.8, 4) is 0 Å². The molecule has 1 aromatic heterocycles. The van der Waals surface area contributed by atoms with E-state index in [9.17, 15) is 0 Å². The van der Waals surface area contributed by atoms with Crippen molar-refractivity contribution < 1.29 is 0 Å². The van der Waals surface area contributed by atoms with Gasteiger partial charge in [0.25, 0.3) is 0 Å². The van der Waals surface area contributed by atoms with Gasteiger partial charge in [-0.3, -0.25) is 11.3 Å². The van der Waals surface area contributed by atoms with Gasteiger partial charge in [-0.05, 0) is 52.2 Å². The minimum Gasteiger partial charge on any atom is -0.271 e. The summed E-state index contributed by atoms with van der Waals surface area (Å²) in [7, 11) is 0. The van der Waals surface area contributed by atoms with E-state index in [1.54, 1.807) is 17.4 Å². The number of thiophene rings is 1. The zero-order valence-electron chi connectivity index (χ0n) is 9.29. The Balaban J connectivity index is 2.20. The SMILES string of the molecule is NNC(Cc1ccc(Cl)cc1Cl)c1ccc(Br)s1. The van der Waals surface area contributed by atoms with Crippen molar-refractivity contribution in [2.45, 2.75) is 12.5 Å². The number of rotatable bonds is 4. The van der Waals surface area contributed by atoms with Gasteiger partial charge in [-0.1, -0.05) is 29.3 Å². The highest BCUT2D eigenvalue weighted by Crippen LogP contribution is 2.31. The van der Waals surface area contributed by atoms with Crippen molar-refractivity contribution >= 4 is 50.5 Å². The summed E-state index contributed by atoms with van der Waals surface area (Å²) < 4.78 is 1.08. The highest BCUT2D eigenvalue weighted by molar-refractivity contribution is 9.11. The van der Waals surface area contributed by atoms with Crippen molar-refractivity contribution in [3.05, 3.63) is 54.6 Å². The summed E-state index contributed by atoms with van der Waals surface area (Å²) in [6.07, 6.45) is 0.722. The third-order valence-corrected chi connectivity index (χ3v) is 4.90. The highest BCUT2D eigenvalue weighted by atomic mass is 79.9. The van der Waals surface area contributed by atoms with Crippen molar-refractivity contribution in [2.24, 2.45) is 5.84 Å². The average molecular weight is 366 g/mol. The first kappa shape index (κ1) is 14.3. The first-order valence-corrected chi connectivity index (χ1v) is 7.62. The standard InChI is InChI=1S/C12H11BrCl2N2S/c13-12-4-3-11(18-12)10(17-16)5-7-1-2-8(14)6-9(7)15/h1-4,6,10,17H,5,16H2. The van der Waals surface area contributed by atoms with Crippen LogP contribution < -0.4 is 11.3 Å². The highest BCUT2D eigenvalue weighted by Gasteiger charge is 2.14. The van der Waals surface area contributed by atoms with E-state index in [1.165, 1.54) is 0 Å². The molecule has 2 nitrogen and oxygen atoms in total. The maximum atomic E-state index is 6.16. The summed E-state index contributed by atoms with van der Waals surface area (Å²) in [6.45, 7) is 0. The van der Waals surface area contributed by atoms with Crippen LogP contribution in [0.4, 0.5) is 0 Å². The molecule has 0 aliphatic heterocycles. The number of hydrogen-bond acceptors (Lipinski definition) is 3. The number of benzene rings is 1. The van der Waals surface area contributed by atoms with E-state index in [4.69, 9.17) is 29.0 Å². The maximum absolute atomic E-state index is 6.16. The lowest BCUT2D eigenvalue weighted by molar-refractivity contribution is 0.561. The van der Waals surface area contributed by atoms with Crippen LogP contribution in [0.2, 0.25) is 10.0 Å². The molecular weight excluding hydrogens is 355 g/mol. The summed E-state index contributed by atoms with van der Waals surface area (Å²) in [5.74, 6) is 5.61. The van der Waals surface area contributed by atoms with Crippen LogP contribution in [0.3, 0.4) is 0 Å². The molecule has 1 atom stereocenters. The van der Waals surface area contributed by atoms with Gasteiger partial charge in [0.05, 0.1) is 9.83 Å². The Bertz CT molecular complexity index is 545. The van der Waals surface area contributed by atoms with E-state index in [1.807, 2.05) is 24.3 Å². The molecule has 0 amide bonds. The monoisotopic (exact) mass is 364 g/mol. The topological polar surface area (TPSA) is 38.0 Å². The average Bonchev–Trinajstić information content (AvgIpc) is 2.75. The fraction of sp³-hybridized carbons (Fsp3) is 0.167. The first-order chi connectivity index (χ1) is 8.60. The molecule has 1 heterocycles. The van der Waals surface area contributed by atoms with E-state index in [-0.39, 0.29) is 6.04 Å². The Labute approximate surface area is 128 Å². The lowest BCUT2D eigenvalue weighted by atomic mass is 10.1. The Morgan fingerprint density at radius 2 is 2.06 bits per heavy atom. The molecule has 0 aliphatic rings. The second-order valence-corrected chi connectivity index (χ2v) is 7.14. The van der Waals surface area contributed by atoms with Gasteiger partial charge in [-0.25, -0.2) is 0 Å². The van der Waals surface area contributed by atoms with Gasteiger partial charge in [0, 0.05) is 14.9 Å². The summed E-state index contributed by atoms with van der Waals surface area (Å²) in [4.78, 5) is 1.16. The lowest BCUT2D eigenvalue weighted by Gasteiger charge is -2.15. The van der Waals surface area contributed by atoms with Gasteiger partial charge in [-0.15, -0.1) is 11.3 Å². The van der Waals surface area contributed by atoms with E-state index in [0.717, 1.165) is 20.6 Å². The molecule has 0 saturated heterocycles. The van der Waals surface area contributed by atoms with Crippen LogP contribution in [0.15, 0.2) is 34.1 Å². The van der Waals surface area contributed by atoms with Gasteiger partial charge >= 0.3 is 0 Å². The molecule has 1 aromatic carbocycles. The van der Waals surface area contributed by atoms with Crippen LogP contribution in [0.1, 0.15) is 16.5 Å². The molecular formula is C12H11BrCl2N2S. The predicted octanol–water partition coefficient (Wildman–Crippen LogP) is 4.56. The molecule has 0 radical (unpaired) electrons. The number of nitrogens with one attached hydrogen (secondary N) is 1. The molecule has 2 rings (SSSR count). The van der Waals surface area contributed by atoms with Gasteiger partial charge in [0.15, 0.2) is 0 Å². The molecule has 3 N–H and O–H groups in total. The van der Waals surface area contributed by atoms with Crippen molar-refractivity contribution in [1.29, 1.82) is 0 Å². The zero-order valence-corrected chi connectivity index (χ0v) is 13.2. The first-order valence-electron chi connectivity index (χ1n) is 5.25. The number of hydrazine groups is 1. The molecule has 96 valence electrons. The Kier molecular flexibility index (Phi) is 5.06. The van der Waals surface area contributed by atoms with Gasteiger partial charge in [0.2, 0.25) is 0 Å². The van der Waals surface area contributed by atoms with Crippen LogP contribution >= 0.6 is 50.5 Å². The molecule has 1 unspecified atom stereocenters. The number of nitrogens with two attached hydrogens (primary N) is 1. The van der Waals surface area contributed by atoms with Crippen LogP contribution in [0.5, 0.6) is 0 Å². The lowest BCUT2D eigenvalue weighted by Crippen LogP contribution is -2.29. The fourth-order valence-corrected chi connectivity index (χ4v) is 3.63. The summed E-state index contributed by atoms with van der Waals surface area (Å²) >= 11 is 17.1. The van der Waals surface area contributed by atoms with E-state index in [0.29, 0.717) is 10.0 Å². The summed E-state index contributed by atoms with van der Waals surface area (Å²) in [6, 6.07) is 9.60. The Morgan fingerprint density at radius 3 is 2.61 bits per heavy atom. The molecule has 6 heteroatoms. The maximum Gasteiger partial charge on any atom is 0.0702 e. The largest absolute Gasteiger partial charge is 0.271 e. The summed E-state index contributed by atoms with van der Waals surface area (Å²) in [5.41, 5.74) is 3.84. The van der Waals surface area contributed by atoms with E-state index >= 15 is 0 Å². The minimum absolute atomic E-state index is 0.0416. The van der Waals surface area contributed by atoms with Crippen molar-refractivity contribution in [2.75, 3.05) is 0 Å². The quantitative estimate of drug-likeness (QED) is 0.615.